The zero-order valence-electron chi connectivity index (χ0n) is 12.5. The van der Waals surface area contributed by atoms with Crippen LogP contribution in [0.4, 0.5) is 0 Å². The molecule has 0 aliphatic heterocycles. The highest BCUT2D eigenvalue weighted by Crippen LogP contribution is 2.24. The first kappa shape index (κ1) is 16.1. The SMILES string of the molecule is CNCc1n[nH]c(C)c1S(=O)(=O)N(C)C(C)C(C)C. The number of aromatic amines is 1. The second kappa shape index (κ2) is 6.02. The van der Waals surface area contributed by atoms with Gasteiger partial charge in [0.15, 0.2) is 0 Å². The standard InChI is InChI=1S/C12H24N4O2S/c1-8(2)10(4)16(6)19(17,18)12-9(3)14-15-11(12)7-13-5/h8,10,13H,7H2,1-6H3,(H,14,15). The molecule has 110 valence electrons. The van der Waals surface area contributed by atoms with Crippen molar-refractivity contribution in [2.45, 2.75) is 45.2 Å². The molecule has 0 fully saturated rings. The summed E-state index contributed by atoms with van der Waals surface area (Å²) >= 11 is 0. The lowest BCUT2D eigenvalue weighted by molar-refractivity contribution is 0.315. The fourth-order valence-electron chi connectivity index (χ4n) is 1.88. The first-order valence-corrected chi connectivity index (χ1v) is 7.84. The summed E-state index contributed by atoms with van der Waals surface area (Å²) in [7, 11) is -0.138. The van der Waals surface area contributed by atoms with Crippen molar-refractivity contribution in [2.24, 2.45) is 5.92 Å². The molecule has 19 heavy (non-hydrogen) atoms. The summed E-state index contributed by atoms with van der Waals surface area (Å²) in [6, 6.07) is -0.0678. The number of sulfonamides is 1. The van der Waals surface area contributed by atoms with Crippen LogP contribution in [0.3, 0.4) is 0 Å². The van der Waals surface area contributed by atoms with Gasteiger partial charge in [0.1, 0.15) is 4.90 Å². The normalized spacial score (nSPS) is 14.3. The lowest BCUT2D eigenvalue weighted by atomic mass is 10.1. The number of H-pyrrole nitrogens is 1. The Balaban J connectivity index is 3.23. The van der Waals surface area contributed by atoms with E-state index < -0.39 is 10.0 Å². The zero-order chi connectivity index (χ0) is 14.8. The van der Waals surface area contributed by atoms with Gasteiger partial charge < -0.3 is 5.32 Å². The average Bonchev–Trinajstić information content (AvgIpc) is 2.69. The monoisotopic (exact) mass is 288 g/mol. The molecule has 0 radical (unpaired) electrons. The second-order valence-electron chi connectivity index (χ2n) is 5.16. The van der Waals surface area contributed by atoms with Gasteiger partial charge in [-0.15, -0.1) is 0 Å². The van der Waals surface area contributed by atoms with Crippen molar-refractivity contribution in [3.63, 3.8) is 0 Å². The molecule has 0 aliphatic rings. The van der Waals surface area contributed by atoms with Crippen LogP contribution in [0.1, 0.15) is 32.2 Å². The third kappa shape index (κ3) is 3.16. The fourth-order valence-corrected chi connectivity index (χ4v) is 3.70. The third-order valence-electron chi connectivity index (χ3n) is 3.48. The minimum atomic E-state index is -3.52. The van der Waals surface area contributed by atoms with Crippen molar-refractivity contribution in [3.05, 3.63) is 11.4 Å². The molecule has 1 aromatic heterocycles. The highest BCUT2D eigenvalue weighted by molar-refractivity contribution is 7.89. The minimum absolute atomic E-state index is 0.0678. The summed E-state index contributed by atoms with van der Waals surface area (Å²) in [5.41, 5.74) is 1.11. The van der Waals surface area contributed by atoms with Gasteiger partial charge in [-0.3, -0.25) is 5.10 Å². The first-order valence-electron chi connectivity index (χ1n) is 6.40. The Labute approximate surface area is 115 Å². The quantitative estimate of drug-likeness (QED) is 0.822. The maximum absolute atomic E-state index is 12.7. The number of nitrogens with zero attached hydrogens (tertiary/aromatic N) is 2. The van der Waals surface area contributed by atoms with Crippen molar-refractivity contribution < 1.29 is 8.42 Å². The Morgan fingerprint density at radius 2 is 1.95 bits per heavy atom. The van der Waals surface area contributed by atoms with Crippen molar-refractivity contribution >= 4 is 10.0 Å². The van der Waals surface area contributed by atoms with E-state index in [9.17, 15) is 8.42 Å². The molecule has 6 nitrogen and oxygen atoms in total. The Kier molecular flexibility index (Phi) is 5.11. The molecule has 1 aromatic rings. The number of hydrogen-bond acceptors (Lipinski definition) is 4. The van der Waals surface area contributed by atoms with Crippen LogP contribution in [0.25, 0.3) is 0 Å². The van der Waals surface area contributed by atoms with E-state index in [2.05, 4.69) is 15.5 Å². The van der Waals surface area contributed by atoms with Gasteiger partial charge in [-0.2, -0.15) is 9.40 Å². The molecule has 0 aliphatic carbocycles. The summed E-state index contributed by atoms with van der Waals surface area (Å²) in [5, 5.41) is 9.76. The molecule has 0 saturated heterocycles. The summed E-state index contributed by atoms with van der Waals surface area (Å²) in [6.45, 7) is 8.08. The molecule has 2 N–H and O–H groups in total. The van der Waals surface area contributed by atoms with E-state index in [1.165, 1.54) is 4.31 Å². The molecule has 1 heterocycles. The topological polar surface area (TPSA) is 78.1 Å². The lowest BCUT2D eigenvalue weighted by Crippen LogP contribution is -2.38. The van der Waals surface area contributed by atoms with Gasteiger partial charge in [0.25, 0.3) is 0 Å². The molecule has 0 amide bonds. The molecule has 1 unspecified atom stereocenters. The molecule has 1 atom stereocenters. The van der Waals surface area contributed by atoms with E-state index in [0.717, 1.165) is 0 Å². The van der Waals surface area contributed by atoms with Gasteiger partial charge in [-0.05, 0) is 26.8 Å². The van der Waals surface area contributed by atoms with E-state index in [-0.39, 0.29) is 16.9 Å². The van der Waals surface area contributed by atoms with Crippen LogP contribution < -0.4 is 5.32 Å². The average molecular weight is 288 g/mol. The second-order valence-corrected chi connectivity index (χ2v) is 7.09. The number of nitrogens with one attached hydrogen (secondary N) is 2. The van der Waals surface area contributed by atoms with Gasteiger partial charge >= 0.3 is 0 Å². The van der Waals surface area contributed by atoms with Crippen molar-refractivity contribution in [1.29, 1.82) is 0 Å². The molecule has 0 aromatic carbocycles. The van der Waals surface area contributed by atoms with Crippen molar-refractivity contribution in [3.8, 4) is 0 Å². The summed E-state index contributed by atoms with van der Waals surface area (Å²) in [4.78, 5) is 0.289. The molecular formula is C12H24N4O2S. The highest BCUT2D eigenvalue weighted by atomic mass is 32.2. The maximum Gasteiger partial charge on any atom is 0.246 e. The third-order valence-corrected chi connectivity index (χ3v) is 5.63. The first-order chi connectivity index (χ1) is 8.73. The smallest absolute Gasteiger partial charge is 0.246 e. The van der Waals surface area contributed by atoms with Crippen LogP contribution in [0.2, 0.25) is 0 Å². The fraction of sp³-hybridized carbons (Fsp3) is 0.750. The van der Waals surface area contributed by atoms with E-state index >= 15 is 0 Å². The molecule has 1 rings (SSSR count). The van der Waals surface area contributed by atoms with Crippen LogP contribution >= 0.6 is 0 Å². The van der Waals surface area contributed by atoms with Crippen LogP contribution in [-0.2, 0) is 16.6 Å². The van der Waals surface area contributed by atoms with Gasteiger partial charge in [-0.25, -0.2) is 8.42 Å². The van der Waals surface area contributed by atoms with E-state index in [4.69, 9.17) is 0 Å². The number of rotatable bonds is 6. The number of hydrogen-bond donors (Lipinski definition) is 2. The van der Waals surface area contributed by atoms with Crippen molar-refractivity contribution in [2.75, 3.05) is 14.1 Å². The molecule has 7 heteroatoms. The summed E-state index contributed by atoms with van der Waals surface area (Å²) in [5.74, 6) is 0.250. The predicted molar refractivity (Wildman–Crippen MR) is 75.3 cm³/mol. The van der Waals surface area contributed by atoms with Crippen LogP contribution in [0.5, 0.6) is 0 Å². The van der Waals surface area contributed by atoms with Gasteiger partial charge in [-0.1, -0.05) is 13.8 Å². The van der Waals surface area contributed by atoms with Gasteiger partial charge in [0.05, 0.1) is 11.4 Å². The van der Waals surface area contributed by atoms with Crippen LogP contribution in [0, 0.1) is 12.8 Å². The van der Waals surface area contributed by atoms with Crippen LogP contribution in [0.15, 0.2) is 4.90 Å². The molecule has 0 bridgehead atoms. The van der Waals surface area contributed by atoms with Gasteiger partial charge in [0, 0.05) is 19.6 Å². The van der Waals surface area contributed by atoms with Gasteiger partial charge in [0.2, 0.25) is 10.0 Å². The van der Waals surface area contributed by atoms with E-state index in [0.29, 0.717) is 17.9 Å². The lowest BCUT2D eigenvalue weighted by Gasteiger charge is -2.27. The Morgan fingerprint density at radius 1 is 1.37 bits per heavy atom. The predicted octanol–water partition coefficient (Wildman–Crippen LogP) is 1.10. The number of aromatic nitrogens is 2. The molecule has 0 spiro atoms. The van der Waals surface area contributed by atoms with Crippen molar-refractivity contribution in [1.82, 2.24) is 19.8 Å². The Morgan fingerprint density at radius 3 is 2.42 bits per heavy atom. The maximum atomic E-state index is 12.7. The zero-order valence-corrected chi connectivity index (χ0v) is 13.3. The summed E-state index contributed by atoms with van der Waals surface area (Å²) < 4.78 is 26.8. The molecular weight excluding hydrogens is 264 g/mol. The largest absolute Gasteiger partial charge is 0.314 e. The van der Waals surface area contributed by atoms with E-state index in [1.54, 1.807) is 21.0 Å². The van der Waals surface area contributed by atoms with Crippen LogP contribution in [-0.4, -0.2) is 43.1 Å². The Hall–Kier alpha value is -0.920. The number of aryl methyl sites for hydroxylation is 1. The molecule has 0 saturated carbocycles. The highest BCUT2D eigenvalue weighted by Gasteiger charge is 2.31. The summed E-state index contributed by atoms with van der Waals surface area (Å²) in [6.07, 6.45) is 0. The van der Waals surface area contributed by atoms with E-state index in [1.807, 2.05) is 20.8 Å². The Bertz CT molecular complexity index is 522. The minimum Gasteiger partial charge on any atom is -0.314 e.